The zero-order chi connectivity index (χ0) is 16.7. The molecular formula is C16H22FN3O2S. The van der Waals surface area contributed by atoms with Crippen molar-refractivity contribution < 1.29 is 14.0 Å². The van der Waals surface area contributed by atoms with Gasteiger partial charge >= 0.3 is 0 Å². The molecule has 2 rings (SSSR count). The van der Waals surface area contributed by atoms with E-state index in [1.807, 2.05) is 4.90 Å². The van der Waals surface area contributed by atoms with E-state index in [1.165, 1.54) is 12.1 Å². The second kappa shape index (κ2) is 8.88. The zero-order valence-corrected chi connectivity index (χ0v) is 14.1. The van der Waals surface area contributed by atoms with Crippen molar-refractivity contribution in [3.8, 4) is 0 Å². The molecule has 1 aromatic carbocycles. The first-order valence-corrected chi connectivity index (χ1v) is 8.66. The Morgan fingerprint density at radius 2 is 1.83 bits per heavy atom. The predicted molar refractivity (Wildman–Crippen MR) is 88.8 cm³/mol. The monoisotopic (exact) mass is 339 g/mol. The number of hydrogen-bond acceptors (Lipinski definition) is 4. The van der Waals surface area contributed by atoms with Gasteiger partial charge in [0.1, 0.15) is 5.82 Å². The molecule has 1 aromatic rings. The smallest absolute Gasteiger partial charge is 0.233 e. The van der Waals surface area contributed by atoms with E-state index in [0.717, 1.165) is 18.0 Å². The van der Waals surface area contributed by atoms with E-state index < -0.39 is 0 Å². The number of hydrogen-bond donors (Lipinski definition) is 1. The molecule has 0 bridgehead atoms. The molecule has 1 aliphatic heterocycles. The quantitative estimate of drug-likeness (QED) is 0.792. The summed E-state index contributed by atoms with van der Waals surface area (Å²) in [4.78, 5) is 28.4. The van der Waals surface area contributed by atoms with Gasteiger partial charge in [-0.2, -0.15) is 0 Å². The number of piperazine rings is 1. The van der Waals surface area contributed by atoms with Crippen LogP contribution in [0, 0.1) is 5.82 Å². The fourth-order valence-electron chi connectivity index (χ4n) is 2.38. The van der Waals surface area contributed by atoms with E-state index in [2.05, 4.69) is 10.2 Å². The highest BCUT2D eigenvalue weighted by atomic mass is 32.2. The van der Waals surface area contributed by atoms with Crippen molar-refractivity contribution in [2.45, 2.75) is 11.3 Å². The summed E-state index contributed by atoms with van der Waals surface area (Å²) >= 11 is 1.56. The predicted octanol–water partition coefficient (Wildman–Crippen LogP) is 1.20. The van der Waals surface area contributed by atoms with Gasteiger partial charge in [0.25, 0.3) is 0 Å². The molecule has 1 fully saturated rings. The van der Waals surface area contributed by atoms with Crippen LogP contribution in [0.1, 0.15) is 6.42 Å². The number of thioether (sulfide) groups is 1. The number of likely N-dealkylation sites (N-methyl/N-ethyl adjacent to an activating group) is 1. The van der Waals surface area contributed by atoms with Crippen LogP contribution >= 0.6 is 11.8 Å². The van der Waals surface area contributed by atoms with Crippen molar-refractivity contribution in [1.82, 2.24) is 15.1 Å². The van der Waals surface area contributed by atoms with Crippen LogP contribution in [-0.2, 0) is 9.59 Å². The summed E-state index contributed by atoms with van der Waals surface area (Å²) in [5.41, 5.74) is 0. The van der Waals surface area contributed by atoms with Crippen molar-refractivity contribution in [2.24, 2.45) is 0 Å². The molecule has 0 aliphatic carbocycles. The molecule has 0 spiro atoms. The maximum Gasteiger partial charge on any atom is 0.233 e. The molecule has 5 nitrogen and oxygen atoms in total. The lowest BCUT2D eigenvalue weighted by Crippen LogP contribution is -2.50. The van der Waals surface area contributed by atoms with Crippen LogP contribution in [0.2, 0.25) is 0 Å². The fraction of sp³-hybridized carbons (Fsp3) is 0.500. The van der Waals surface area contributed by atoms with Gasteiger partial charge in [-0.15, -0.1) is 11.8 Å². The van der Waals surface area contributed by atoms with Crippen molar-refractivity contribution in [3.05, 3.63) is 30.1 Å². The van der Waals surface area contributed by atoms with E-state index in [-0.39, 0.29) is 17.6 Å². The van der Waals surface area contributed by atoms with E-state index in [0.29, 0.717) is 31.8 Å². The van der Waals surface area contributed by atoms with Crippen LogP contribution in [0.15, 0.2) is 29.2 Å². The first-order valence-electron chi connectivity index (χ1n) is 7.67. The average Bonchev–Trinajstić information content (AvgIpc) is 2.57. The molecule has 2 amide bonds. The number of benzene rings is 1. The zero-order valence-electron chi connectivity index (χ0n) is 13.3. The van der Waals surface area contributed by atoms with Crippen molar-refractivity contribution in [2.75, 3.05) is 45.5 Å². The summed E-state index contributed by atoms with van der Waals surface area (Å²) in [5.74, 6) is 0.572. The lowest BCUT2D eigenvalue weighted by Gasteiger charge is -2.34. The molecule has 1 aliphatic rings. The summed E-state index contributed by atoms with van der Waals surface area (Å²) in [6.07, 6.45) is 0.470. The van der Waals surface area contributed by atoms with E-state index in [9.17, 15) is 14.0 Å². The fourth-order valence-corrected chi connectivity index (χ4v) is 3.22. The van der Waals surface area contributed by atoms with E-state index in [4.69, 9.17) is 0 Å². The molecule has 0 radical (unpaired) electrons. The molecule has 0 saturated carbocycles. The summed E-state index contributed by atoms with van der Waals surface area (Å²) in [5, 5.41) is 2.61. The third kappa shape index (κ3) is 5.84. The van der Waals surface area contributed by atoms with Crippen LogP contribution in [0.4, 0.5) is 4.39 Å². The number of rotatable bonds is 6. The van der Waals surface area contributed by atoms with Gasteiger partial charge in [-0.25, -0.2) is 4.39 Å². The first-order chi connectivity index (χ1) is 11.1. The normalized spacial score (nSPS) is 15.5. The Morgan fingerprint density at radius 1 is 1.17 bits per heavy atom. The number of carbonyl (C=O) groups excluding carboxylic acids is 2. The Hall–Kier alpha value is -1.60. The van der Waals surface area contributed by atoms with Crippen LogP contribution in [0.5, 0.6) is 0 Å². The van der Waals surface area contributed by atoms with Crippen molar-refractivity contribution in [3.63, 3.8) is 0 Å². The standard InChI is InChI=1S/C16H22FN3O2S/c1-18-15(21)12-19-7-9-20(10-8-19)16(22)6-11-23-14-4-2-13(17)3-5-14/h2-5H,6-12H2,1H3,(H,18,21). The van der Waals surface area contributed by atoms with Crippen LogP contribution in [-0.4, -0.2) is 67.1 Å². The highest BCUT2D eigenvalue weighted by Crippen LogP contribution is 2.19. The second-order valence-electron chi connectivity index (χ2n) is 5.38. The molecule has 126 valence electrons. The van der Waals surface area contributed by atoms with Gasteiger partial charge < -0.3 is 10.2 Å². The molecule has 0 atom stereocenters. The minimum Gasteiger partial charge on any atom is -0.358 e. The van der Waals surface area contributed by atoms with Gasteiger partial charge in [0.2, 0.25) is 11.8 Å². The Morgan fingerprint density at radius 3 is 2.43 bits per heavy atom. The Balaban J connectivity index is 1.67. The number of nitrogens with one attached hydrogen (secondary N) is 1. The Kier molecular flexibility index (Phi) is 6.85. The van der Waals surface area contributed by atoms with Gasteiger partial charge in [-0.05, 0) is 24.3 Å². The number of nitrogens with zero attached hydrogens (tertiary/aromatic N) is 2. The van der Waals surface area contributed by atoms with E-state index >= 15 is 0 Å². The Labute approximate surface area is 140 Å². The third-order valence-electron chi connectivity index (χ3n) is 3.77. The molecule has 23 heavy (non-hydrogen) atoms. The van der Waals surface area contributed by atoms with Crippen LogP contribution in [0.25, 0.3) is 0 Å². The largest absolute Gasteiger partial charge is 0.358 e. The molecule has 0 unspecified atom stereocenters. The summed E-state index contributed by atoms with van der Waals surface area (Å²) < 4.78 is 12.8. The SMILES string of the molecule is CNC(=O)CN1CCN(C(=O)CCSc2ccc(F)cc2)CC1. The number of halogens is 1. The van der Waals surface area contributed by atoms with Gasteiger partial charge in [0.05, 0.1) is 6.54 Å². The lowest BCUT2D eigenvalue weighted by atomic mass is 10.3. The number of carbonyl (C=O) groups is 2. The summed E-state index contributed by atoms with van der Waals surface area (Å²) in [6.45, 7) is 3.17. The van der Waals surface area contributed by atoms with Crippen LogP contribution in [0.3, 0.4) is 0 Å². The maximum absolute atomic E-state index is 12.8. The third-order valence-corrected chi connectivity index (χ3v) is 4.78. The van der Waals surface area contributed by atoms with Gasteiger partial charge in [-0.1, -0.05) is 0 Å². The molecule has 7 heteroatoms. The molecule has 1 N–H and O–H groups in total. The topological polar surface area (TPSA) is 52.7 Å². The first kappa shape index (κ1) is 17.7. The minimum absolute atomic E-state index is 0.000439. The van der Waals surface area contributed by atoms with Gasteiger partial charge in [-0.3, -0.25) is 14.5 Å². The van der Waals surface area contributed by atoms with Crippen LogP contribution < -0.4 is 5.32 Å². The molecule has 0 aromatic heterocycles. The van der Waals surface area contributed by atoms with Gasteiger partial charge in [0.15, 0.2) is 0 Å². The molecule has 1 heterocycles. The van der Waals surface area contributed by atoms with Crippen molar-refractivity contribution >= 4 is 23.6 Å². The summed E-state index contributed by atoms with van der Waals surface area (Å²) in [7, 11) is 1.63. The minimum atomic E-state index is -0.250. The second-order valence-corrected chi connectivity index (χ2v) is 6.55. The number of amides is 2. The maximum atomic E-state index is 12.8. The summed E-state index contributed by atoms with van der Waals surface area (Å²) in [6, 6.07) is 6.30. The highest BCUT2D eigenvalue weighted by molar-refractivity contribution is 7.99. The molecule has 1 saturated heterocycles. The average molecular weight is 339 g/mol. The lowest BCUT2D eigenvalue weighted by molar-refractivity contribution is -0.132. The van der Waals surface area contributed by atoms with E-state index in [1.54, 1.807) is 30.9 Å². The van der Waals surface area contributed by atoms with Gasteiger partial charge in [0, 0.05) is 50.3 Å². The highest BCUT2D eigenvalue weighted by Gasteiger charge is 2.21. The Bertz CT molecular complexity index is 531. The van der Waals surface area contributed by atoms with Crippen molar-refractivity contribution in [1.29, 1.82) is 0 Å². The molecular weight excluding hydrogens is 317 g/mol.